The molecule has 222 valence electrons. The van der Waals surface area contributed by atoms with Crippen molar-refractivity contribution in [2.24, 2.45) is 10.9 Å². The summed E-state index contributed by atoms with van der Waals surface area (Å²) in [6.45, 7) is 1.22. The molecule has 4 rings (SSSR count). The maximum absolute atomic E-state index is 13.2. The van der Waals surface area contributed by atoms with E-state index in [0.29, 0.717) is 5.57 Å². The average Bonchev–Trinajstić information content (AvgIpc) is 3.25. The van der Waals surface area contributed by atoms with Crippen LogP contribution in [-0.4, -0.2) is 78.9 Å². The third-order valence-electron chi connectivity index (χ3n) is 5.91. The first-order valence-electron chi connectivity index (χ1n) is 11.7. The van der Waals surface area contributed by atoms with Crippen molar-refractivity contribution in [2.45, 2.75) is 31.0 Å². The van der Waals surface area contributed by atoms with Gasteiger partial charge in [0.2, 0.25) is 6.10 Å². The number of primary amides is 1. The van der Waals surface area contributed by atoms with Crippen molar-refractivity contribution in [1.82, 2.24) is 15.2 Å². The lowest BCUT2D eigenvalue weighted by atomic mass is 10.0. The van der Waals surface area contributed by atoms with E-state index in [1.165, 1.54) is 30.9 Å². The summed E-state index contributed by atoms with van der Waals surface area (Å²) in [5.41, 5.74) is 16.5. The number of urea groups is 1. The molecule has 2 aliphatic heterocycles. The van der Waals surface area contributed by atoms with Crippen molar-refractivity contribution >= 4 is 86.7 Å². The normalized spacial score (nSPS) is 19.0. The number of nitrogens with two attached hydrogens (primary N) is 3. The molecular formula is C22H23ClN9O8S2+. The Morgan fingerprint density at radius 3 is 2.64 bits per heavy atom. The van der Waals surface area contributed by atoms with Gasteiger partial charge in [0.1, 0.15) is 32.8 Å². The molecule has 17 nitrogen and oxygen atoms in total. The molecule has 3 atom stereocenters. The summed E-state index contributed by atoms with van der Waals surface area (Å²) < 4.78 is 1.53. The molecule has 2 aliphatic rings. The maximum atomic E-state index is 13.2. The summed E-state index contributed by atoms with van der Waals surface area (Å²) in [6, 6.07) is -0.504. The van der Waals surface area contributed by atoms with E-state index < -0.39 is 53.0 Å². The van der Waals surface area contributed by atoms with Gasteiger partial charge in [0, 0.05) is 17.4 Å². The summed E-state index contributed by atoms with van der Waals surface area (Å²) in [5, 5.41) is 26.7. The summed E-state index contributed by atoms with van der Waals surface area (Å²) in [5.74, 6) is -4.23. The highest BCUT2D eigenvalue weighted by Crippen LogP contribution is 2.40. The molecule has 0 bridgehead atoms. The molecule has 2 aromatic rings. The van der Waals surface area contributed by atoms with E-state index >= 15 is 0 Å². The lowest BCUT2D eigenvalue weighted by Crippen LogP contribution is -2.71. The van der Waals surface area contributed by atoms with Gasteiger partial charge < -0.3 is 42.9 Å². The predicted octanol–water partition coefficient (Wildman–Crippen LogP) is -0.628. The van der Waals surface area contributed by atoms with Crippen LogP contribution in [0.1, 0.15) is 12.6 Å². The number of carbonyl (C=O) groups is 5. The second-order valence-electron chi connectivity index (χ2n) is 8.79. The number of rotatable bonds is 10. The molecule has 0 aromatic carbocycles. The maximum Gasteiger partial charge on any atom is 0.352 e. The summed E-state index contributed by atoms with van der Waals surface area (Å²) >= 11 is 8.16. The first-order chi connectivity index (χ1) is 19.8. The second kappa shape index (κ2) is 12.1. The van der Waals surface area contributed by atoms with E-state index in [1.807, 2.05) is 0 Å². The van der Waals surface area contributed by atoms with Crippen LogP contribution in [0.4, 0.5) is 21.3 Å². The number of hydrogen-bond acceptors (Lipinski definition) is 12. The van der Waals surface area contributed by atoms with Gasteiger partial charge in [-0.2, -0.15) is 4.57 Å². The highest BCUT2D eigenvalue weighted by atomic mass is 35.5. The van der Waals surface area contributed by atoms with Gasteiger partial charge in [0.15, 0.2) is 29.8 Å². The number of nitrogens with zero attached hydrogens (tertiary/aromatic N) is 4. The van der Waals surface area contributed by atoms with Crippen molar-refractivity contribution in [3.8, 4) is 0 Å². The molecule has 1 fully saturated rings. The molecule has 0 aliphatic carbocycles. The first-order valence-corrected chi connectivity index (χ1v) is 14.0. The number of oxime groups is 1. The largest absolute Gasteiger partial charge is 0.478 e. The molecular weight excluding hydrogens is 618 g/mol. The number of β-lactam (4-membered cyclic amide) rings is 1. The Morgan fingerprint density at radius 1 is 1.33 bits per heavy atom. The van der Waals surface area contributed by atoms with Gasteiger partial charge in [-0.25, -0.2) is 19.4 Å². The Hall–Kier alpha value is -4.62. The molecule has 4 heterocycles. The Labute approximate surface area is 249 Å². The Morgan fingerprint density at radius 2 is 2.05 bits per heavy atom. The number of thiazole rings is 1. The number of nitrogens with one attached hydrogen (secondary N) is 2. The molecule has 2 aromatic heterocycles. The van der Waals surface area contributed by atoms with Crippen LogP contribution in [0.3, 0.4) is 0 Å². The Bertz CT molecular complexity index is 1560. The molecule has 42 heavy (non-hydrogen) atoms. The first kappa shape index (κ1) is 30.3. The van der Waals surface area contributed by atoms with Crippen LogP contribution in [0.2, 0.25) is 4.34 Å². The summed E-state index contributed by atoms with van der Waals surface area (Å²) in [6.07, 6.45) is 1.60. The number of hydrogen-bond donors (Lipinski definition) is 7. The minimum atomic E-state index is -1.43. The molecule has 1 saturated heterocycles. The van der Waals surface area contributed by atoms with Gasteiger partial charge in [-0.05, 0) is 6.92 Å². The molecule has 0 saturated carbocycles. The fourth-order valence-corrected chi connectivity index (χ4v) is 6.22. The number of amides is 4. The molecule has 0 spiro atoms. The standard InChI is InChI=1S/C22H22ClN9O8S2/c1-7(19(35)36)40-30-12(11-15(23)42-22(26)29-11)16(33)28-13-17(34)32-14(20(37)38)8(6-41-18(13)32)4-31-3-2-9(24)10(5-31)27-21(25)39/h2-3,5,7,13,18,24H,4,6H2,1H3,(H8,25,26,27,28,29,33,35,36,37,38,39)/p+1/t7-,13+,18?/m0/s1. The van der Waals surface area contributed by atoms with Gasteiger partial charge in [0.05, 0.1) is 5.69 Å². The Balaban J connectivity index is 1.56. The van der Waals surface area contributed by atoms with Gasteiger partial charge in [-0.15, -0.1) is 11.8 Å². The average molecular weight is 641 g/mol. The van der Waals surface area contributed by atoms with Gasteiger partial charge in [0.25, 0.3) is 11.8 Å². The second-order valence-corrected chi connectivity index (χ2v) is 11.5. The van der Waals surface area contributed by atoms with Crippen molar-refractivity contribution in [3.05, 3.63) is 39.8 Å². The van der Waals surface area contributed by atoms with E-state index in [9.17, 15) is 29.1 Å². The zero-order chi connectivity index (χ0) is 30.9. The zero-order valence-corrected chi connectivity index (χ0v) is 23.8. The number of halogens is 1. The highest BCUT2D eigenvalue weighted by Gasteiger charge is 2.55. The Kier molecular flexibility index (Phi) is 8.73. The number of carboxylic acids is 2. The van der Waals surface area contributed by atoms with Crippen LogP contribution >= 0.6 is 34.7 Å². The van der Waals surface area contributed by atoms with E-state index in [0.717, 1.165) is 16.2 Å². The number of thioether (sulfide) groups is 1. The van der Waals surface area contributed by atoms with Gasteiger partial charge >= 0.3 is 18.0 Å². The fourth-order valence-electron chi connectivity index (χ4n) is 3.95. The number of carboxylic acid groups (broad SMARTS) is 2. The third kappa shape index (κ3) is 6.16. The number of carbonyl (C=O) groups excluding carboxylic acids is 3. The number of aliphatic carboxylic acids is 2. The molecule has 4 amide bonds. The van der Waals surface area contributed by atoms with Crippen molar-refractivity contribution in [1.29, 1.82) is 0 Å². The minimum absolute atomic E-state index is 0.00390. The topological polar surface area (TPSA) is 270 Å². The number of pyridine rings is 1. The lowest BCUT2D eigenvalue weighted by Gasteiger charge is -2.49. The van der Waals surface area contributed by atoms with Crippen LogP contribution in [0.15, 0.2) is 34.9 Å². The molecule has 20 heteroatoms. The van der Waals surface area contributed by atoms with Crippen molar-refractivity contribution in [2.75, 3.05) is 22.5 Å². The van der Waals surface area contributed by atoms with Gasteiger partial charge in [-0.3, -0.25) is 14.5 Å². The highest BCUT2D eigenvalue weighted by molar-refractivity contribution is 8.00. The number of fused-ring (bicyclic) bond motifs is 1. The third-order valence-corrected chi connectivity index (χ3v) is 8.33. The zero-order valence-electron chi connectivity index (χ0n) is 21.4. The molecule has 1 unspecified atom stereocenters. The number of nitrogen functional groups attached to an aromatic ring is 2. The van der Waals surface area contributed by atoms with Crippen LogP contribution in [0.25, 0.3) is 0 Å². The lowest BCUT2D eigenvalue weighted by molar-refractivity contribution is -0.688. The predicted molar refractivity (Wildman–Crippen MR) is 150 cm³/mol. The summed E-state index contributed by atoms with van der Waals surface area (Å²) in [7, 11) is 0. The smallest absolute Gasteiger partial charge is 0.352 e. The van der Waals surface area contributed by atoms with E-state index in [1.54, 1.807) is 10.8 Å². The van der Waals surface area contributed by atoms with Crippen LogP contribution in [-0.2, 0) is 30.6 Å². The quantitative estimate of drug-likeness (QED) is 0.0740. The summed E-state index contributed by atoms with van der Waals surface area (Å²) in [4.78, 5) is 70.9. The number of aromatic nitrogens is 2. The SMILES string of the molecule is C[C@H](ON=C(C(=O)N[C@@H]1C(=O)N2C(C(=O)O)=C(C[n+]3ccc(N)c(NC(N)=O)c3)CSC12)c1nc(N)sc1Cl)C(=O)O. The van der Waals surface area contributed by atoms with E-state index in [4.69, 9.17) is 38.7 Å². The van der Waals surface area contributed by atoms with Crippen LogP contribution in [0.5, 0.6) is 0 Å². The van der Waals surface area contributed by atoms with E-state index in [-0.39, 0.29) is 44.5 Å². The van der Waals surface area contributed by atoms with Crippen LogP contribution < -0.4 is 32.4 Å². The molecule has 0 radical (unpaired) electrons. The number of anilines is 3. The minimum Gasteiger partial charge on any atom is -0.478 e. The van der Waals surface area contributed by atoms with Crippen LogP contribution in [0, 0.1) is 0 Å². The van der Waals surface area contributed by atoms with Crippen molar-refractivity contribution < 1.29 is 43.6 Å². The monoisotopic (exact) mass is 640 g/mol. The van der Waals surface area contributed by atoms with E-state index in [2.05, 4.69) is 20.8 Å². The molecule has 10 N–H and O–H groups in total. The fraction of sp³-hybridized carbons (Fsp3) is 0.273. The van der Waals surface area contributed by atoms with Crippen molar-refractivity contribution in [3.63, 3.8) is 0 Å². The van der Waals surface area contributed by atoms with Gasteiger partial charge in [-0.1, -0.05) is 28.1 Å².